The molecule has 1 aromatic heterocycles. The number of nitrogens with zero attached hydrogens (tertiary/aromatic N) is 3. The molecule has 0 spiro atoms. The minimum Gasteiger partial charge on any atom is -0.360 e. The lowest BCUT2D eigenvalue weighted by molar-refractivity contribution is -0.131. The van der Waals surface area contributed by atoms with Gasteiger partial charge in [-0.3, -0.25) is 4.79 Å². The third-order valence-electron chi connectivity index (χ3n) is 3.68. The summed E-state index contributed by atoms with van der Waals surface area (Å²) in [6, 6.07) is 0. The second kappa shape index (κ2) is 7.01. The minimum atomic E-state index is -3.61. The average molecular weight is 347 g/mol. The number of hydrogen-bond donors (Lipinski definition) is 0. The molecular formula is C13H21N3O4S2. The molecule has 0 atom stereocenters. The summed E-state index contributed by atoms with van der Waals surface area (Å²) in [6.07, 6.45) is 2.46. The van der Waals surface area contributed by atoms with Gasteiger partial charge >= 0.3 is 0 Å². The number of hydrogen-bond acceptors (Lipinski definition) is 6. The maximum Gasteiger partial charge on any atom is 0.248 e. The second-order valence-electron chi connectivity index (χ2n) is 5.18. The van der Waals surface area contributed by atoms with Crippen molar-refractivity contribution in [3.63, 3.8) is 0 Å². The van der Waals surface area contributed by atoms with E-state index in [1.54, 1.807) is 30.5 Å². The predicted molar refractivity (Wildman–Crippen MR) is 84.3 cm³/mol. The number of thioether (sulfide) groups is 1. The van der Waals surface area contributed by atoms with Gasteiger partial charge in [-0.25, -0.2) is 8.42 Å². The van der Waals surface area contributed by atoms with Crippen molar-refractivity contribution in [2.75, 3.05) is 38.2 Å². The molecule has 9 heteroatoms. The van der Waals surface area contributed by atoms with Crippen molar-refractivity contribution in [3.8, 4) is 0 Å². The van der Waals surface area contributed by atoms with Crippen LogP contribution in [0.25, 0.3) is 0 Å². The molecule has 0 N–H and O–H groups in total. The Morgan fingerprint density at radius 3 is 2.41 bits per heavy atom. The standard InChI is InChI=1S/C13H21N3O4S2/c1-10-13(11(2)20-14-10)22(18,19)16-7-5-15(6-8-16)12(17)4-9-21-3/h4-9H2,1-3H3. The maximum absolute atomic E-state index is 12.7. The van der Waals surface area contributed by atoms with Gasteiger partial charge in [0.2, 0.25) is 15.9 Å². The Kier molecular flexibility index (Phi) is 5.51. The fraction of sp³-hybridized carbons (Fsp3) is 0.692. The lowest BCUT2D eigenvalue weighted by Gasteiger charge is -2.34. The van der Waals surface area contributed by atoms with Crippen LogP contribution >= 0.6 is 11.8 Å². The van der Waals surface area contributed by atoms with E-state index >= 15 is 0 Å². The van der Waals surface area contributed by atoms with Crippen LogP contribution in [-0.2, 0) is 14.8 Å². The van der Waals surface area contributed by atoms with Gasteiger partial charge < -0.3 is 9.42 Å². The van der Waals surface area contributed by atoms with Crippen LogP contribution < -0.4 is 0 Å². The zero-order valence-corrected chi connectivity index (χ0v) is 14.7. The van der Waals surface area contributed by atoms with Crippen molar-refractivity contribution in [1.82, 2.24) is 14.4 Å². The Bertz CT molecular complexity index is 614. The zero-order chi connectivity index (χ0) is 16.3. The number of rotatable bonds is 5. The van der Waals surface area contributed by atoms with E-state index in [2.05, 4.69) is 5.16 Å². The van der Waals surface area contributed by atoms with Crippen LogP contribution in [-0.4, -0.2) is 66.9 Å². The highest BCUT2D eigenvalue weighted by Gasteiger charge is 2.33. The van der Waals surface area contributed by atoms with Crippen LogP contribution in [0.5, 0.6) is 0 Å². The third-order valence-corrected chi connectivity index (χ3v) is 6.43. The van der Waals surface area contributed by atoms with Crippen LogP contribution in [0.15, 0.2) is 9.42 Å². The molecule has 0 radical (unpaired) electrons. The summed E-state index contributed by atoms with van der Waals surface area (Å²) in [5.41, 5.74) is 0.371. The van der Waals surface area contributed by atoms with Gasteiger partial charge in [0, 0.05) is 38.4 Å². The highest BCUT2D eigenvalue weighted by molar-refractivity contribution is 7.98. The van der Waals surface area contributed by atoms with Crippen molar-refractivity contribution in [2.45, 2.75) is 25.2 Å². The molecule has 0 aromatic carbocycles. The largest absolute Gasteiger partial charge is 0.360 e. The van der Waals surface area contributed by atoms with E-state index in [0.29, 0.717) is 44.1 Å². The molecule has 1 amide bonds. The molecule has 1 aliphatic heterocycles. The molecule has 2 rings (SSSR count). The van der Waals surface area contributed by atoms with Crippen LogP contribution in [0.1, 0.15) is 17.9 Å². The van der Waals surface area contributed by atoms with Crippen LogP contribution in [0.4, 0.5) is 0 Å². The molecule has 1 aliphatic rings. The van der Waals surface area contributed by atoms with Gasteiger partial charge in [-0.2, -0.15) is 16.1 Å². The number of aromatic nitrogens is 1. The van der Waals surface area contributed by atoms with Crippen molar-refractivity contribution in [3.05, 3.63) is 11.5 Å². The highest BCUT2D eigenvalue weighted by atomic mass is 32.2. The van der Waals surface area contributed by atoms with Gasteiger partial charge in [-0.05, 0) is 20.1 Å². The van der Waals surface area contributed by atoms with E-state index in [1.807, 2.05) is 6.26 Å². The van der Waals surface area contributed by atoms with Gasteiger partial charge in [0.05, 0.1) is 0 Å². The molecule has 0 saturated carbocycles. The van der Waals surface area contributed by atoms with Gasteiger partial charge in [-0.15, -0.1) is 0 Å². The van der Waals surface area contributed by atoms with E-state index in [-0.39, 0.29) is 10.8 Å². The first-order valence-corrected chi connectivity index (χ1v) is 9.91. The average Bonchev–Trinajstić information content (AvgIpc) is 2.84. The Morgan fingerprint density at radius 2 is 1.91 bits per heavy atom. The third kappa shape index (κ3) is 3.47. The molecule has 1 aromatic rings. The molecule has 2 heterocycles. The Labute approximate surface area is 135 Å². The predicted octanol–water partition coefficient (Wildman–Crippen LogP) is 0.877. The molecule has 124 valence electrons. The molecular weight excluding hydrogens is 326 g/mol. The van der Waals surface area contributed by atoms with E-state index < -0.39 is 10.0 Å². The molecule has 0 aliphatic carbocycles. The summed E-state index contributed by atoms with van der Waals surface area (Å²) in [6.45, 7) is 4.67. The number of piperazine rings is 1. The summed E-state index contributed by atoms with van der Waals surface area (Å²) < 4.78 is 31.7. The number of aryl methyl sites for hydroxylation is 2. The summed E-state index contributed by atoms with van der Waals surface area (Å²) in [7, 11) is -3.61. The topological polar surface area (TPSA) is 83.7 Å². The quantitative estimate of drug-likeness (QED) is 0.786. The summed E-state index contributed by atoms with van der Waals surface area (Å²) in [4.78, 5) is 13.8. The Hall–Kier alpha value is -1.06. The van der Waals surface area contributed by atoms with Gasteiger partial charge in [0.25, 0.3) is 0 Å². The van der Waals surface area contributed by atoms with E-state index in [1.165, 1.54) is 4.31 Å². The van der Waals surface area contributed by atoms with Crippen LogP contribution in [0, 0.1) is 13.8 Å². The normalized spacial score (nSPS) is 17.0. The fourth-order valence-electron chi connectivity index (χ4n) is 2.50. The van der Waals surface area contributed by atoms with Crippen molar-refractivity contribution < 1.29 is 17.7 Å². The Balaban J connectivity index is 2.04. The number of sulfonamides is 1. The second-order valence-corrected chi connectivity index (χ2v) is 8.04. The molecule has 1 fully saturated rings. The van der Waals surface area contributed by atoms with Gasteiger partial charge in [0.15, 0.2) is 5.76 Å². The maximum atomic E-state index is 12.7. The number of carbonyl (C=O) groups is 1. The molecule has 0 bridgehead atoms. The molecule has 22 heavy (non-hydrogen) atoms. The summed E-state index contributed by atoms with van der Waals surface area (Å²) in [5, 5.41) is 3.71. The van der Waals surface area contributed by atoms with Gasteiger partial charge in [0.1, 0.15) is 10.6 Å². The minimum absolute atomic E-state index is 0.0868. The SMILES string of the molecule is CSCCC(=O)N1CCN(S(=O)(=O)c2c(C)noc2C)CC1. The Morgan fingerprint density at radius 1 is 1.27 bits per heavy atom. The summed E-state index contributed by atoms with van der Waals surface area (Å²) >= 11 is 1.63. The van der Waals surface area contributed by atoms with E-state index in [4.69, 9.17) is 4.52 Å². The van der Waals surface area contributed by atoms with Crippen LogP contribution in [0.2, 0.25) is 0 Å². The van der Waals surface area contributed by atoms with Gasteiger partial charge in [-0.1, -0.05) is 5.16 Å². The summed E-state index contributed by atoms with van der Waals surface area (Å²) in [5.74, 6) is 1.18. The lowest BCUT2D eigenvalue weighted by atomic mass is 10.3. The lowest BCUT2D eigenvalue weighted by Crippen LogP contribution is -2.50. The number of amides is 1. The van der Waals surface area contributed by atoms with Crippen molar-refractivity contribution >= 4 is 27.7 Å². The first-order chi connectivity index (χ1) is 10.4. The number of carbonyl (C=O) groups excluding carboxylic acids is 1. The van der Waals surface area contributed by atoms with Crippen LogP contribution in [0.3, 0.4) is 0 Å². The fourth-order valence-corrected chi connectivity index (χ4v) is 4.59. The first-order valence-electron chi connectivity index (χ1n) is 7.07. The van der Waals surface area contributed by atoms with Crippen molar-refractivity contribution in [1.29, 1.82) is 0 Å². The van der Waals surface area contributed by atoms with Crippen molar-refractivity contribution in [2.24, 2.45) is 0 Å². The monoisotopic (exact) mass is 347 g/mol. The highest BCUT2D eigenvalue weighted by Crippen LogP contribution is 2.24. The van der Waals surface area contributed by atoms with E-state index in [0.717, 1.165) is 5.75 Å². The zero-order valence-electron chi connectivity index (χ0n) is 13.0. The first kappa shape index (κ1) is 17.3. The molecule has 0 unspecified atom stereocenters. The molecule has 7 nitrogen and oxygen atoms in total. The van der Waals surface area contributed by atoms with E-state index in [9.17, 15) is 13.2 Å². The molecule has 1 saturated heterocycles. The smallest absolute Gasteiger partial charge is 0.248 e.